The van der Waals surface area contributed by atoms with E-state index in [0.29, 0.717) is 23.9 Å². The quantitative estimate of drug-likeness (QED) is 0.828. The first-order chi connectivity index (χ1) is 13.0. The standard InChI is InChI=1S/C21H23ClN2O3/c1-14-3-8-19(27-2)18(11-14)24-13-16(12-20(24)25)21(26)23-10-9-15-4-6-17(22)7-5-15/h3-8,11,16H,9-10,12-13H2,1-2H3,(H,23,26)/t16-/m1/s1. The lowest BCUT2D eigenvalue weighted by Gasteiger charge is -2.20. The molecule has 0 bridgehead atoms. The number of aryl methyl sites for hydroxylation is 1. The highest BCUT2D eigenvalue weighted by molar-refractivity contribution is 6.30. The first kappa shape index (κ1) is 19.2. The molecule has 0 unspecified atom stereocenters. The number of ether oxygens (including phenoxy) is 1. The van der Waals surface area contributed by atoms with Gasteiger partial charge < -0.3 is 15.0 Å². The highest BCUT2D eigenvalue weighted by atomic mass is 35.5. The fraction of sp³-hybridized carbons (Fsp3) is 0.333. The van der Waals surface area contributed by atoms with Crippen LogP contribution in [0.1, 0.15) is 17.5 Å². The Morgan fingerprint density at radius 3 is 2.70 bits per heavy atom. The van der Waals surface area contributed by atoms with E-state index >= 15 is 0 Å². The van der Waals surface area contributed by atoms with Crippen molar-refractivity contribution < 1.29 is 14.3 Å². The second-order valence-corrected chi connectivity index (χ2v) is 7.18. The molecule has 1 saturated heterocycles. The van der Waals surface area contributed by atoms with E-state index in [1.54, 1.807) is 12.0 Å². The first-order valence-corrected chi connectivity index (χ1v) is 9.33. The molecule has 6 heteroatoms. The third-order valence-electron chi connectivity index (χ3n) is 4.75. The number of rotatable bonds is 6. The largest absolute Gasteiger partial charge is 0.495 e. The molecule has 1 aliphatic rings. The second-order valence-electron chi connectivity index (χ2n) is 6.75. The molecular formula is C21H23ClN2O3. The summed E-state index contributed by atoms with van der Waals surface area (Å²) in [5.41, 5.74) is 2.86. The normalized spacial score (nSPS) is 16.5. The summed E-state index contributed by atoms with van der Waals surface area (Å²) >= 11 is 5.88. The number of amides is 2. The summed E-state index contributed by atoms with van der Waals surface area (Å²) < 4.78 is 5.38. The van der Waals surface area contributed by atoms with E-state index in [2.05, 4.69) is 5.32 Å². The van der Waals surface area contributed by atoms with Gasteiger partial charge in [-0.25, -0.2) is 0 Å². The zero-order valence-corrected chi connectivity index (χ0v) is 16.3. The van der Waals surface area contributed by atoms with Crippen molar-refractivity contribution in [3.8, 4) is 5.75 Å². The zero-order valence-electron chi connectivity index (χ0n) is 15.5. The SMILES string of the molecule is COc1ccc(C)cc1N1C[C@H](C(=O)NCCc2ccc(Cl)cc2)CC1=O. The molecule has 1 N–H and O–H groups in total. The molecule has 27 heavy (non-hydrogen) atoms. The number of nitrogens with zero attached hydrogens (tertiary/aromatic N) is 1. The van der Waals surface area contributed by atoms with Gasteiger partial charge in [-0.3, -0.25) is 9.59 Å². The maximum absolute atomic E-state index is 12.5. The summed E-state index contributed by atoms with van der Waals surface area (Å²) in [6, 6.07) is 13.3. The van der Waals surface area contributed by atoms with E-state index in [-0.39, 0.29) is 24.2 Å². The Labute approximate surface area is 164 Å². The fourth-order valence-corrected chi connectivity index (χ4v) is 3.38. The Hall–Kier alpha value is -2.53. The van der Waals surface area contributed by atoms with Gasteiger partial charge in [0.1, 0.15) is 5.75 Å². The second kappa shape index (κ2) is 8.44. The van der Waals surface area contributed by atoms with Crippen molar-refractivity contribution in [1.29, 1.82) is 0 Å². The molecule has 5 nitrogen and oxygen atoms in total. The van der Waals surface area contributed by atoms with Crippen molar-refractivity contribution in [1.82, 2.24) is 5.32 Å². The van der Waals surface area contributed by atoms with Gasteiger partial charge in [0.2, 0.25) is 11.8 Å². The molecule has 0 spiro atoms. The molecule has 0 radical (unpaired) electrons. The van der Waals surface area contributed by atoms with Gasteiger partial charge in [-0.05, 0) is 48.7 Å². The molecule has 1 atom stereocenters. The van der Waals surface area contributed by atoms with E-state index in [1.807, 2.05) is 49.4 Å². The van der Waals surface area contributed by atoms with Crippen molar-refractivity contribution in [2.75, 3.05) is 25.1 Å². The number of carbonyl (C=O) groups is 2. The van der Waals surface area contributed by atoms with Crippen LogP contribution in [0.2, 0.25) is 5.02 Å². The Morgan fingerprint density at radius 2 is 2.00 bits per heavy atom. The predicted molar refractivity (Wildman–Crippen MR) is 106 cm³/mol. The highest BCUT2D eigenvalue weighted by Crippen LogP contribution is 2.33. The minimum absolute atomic E-state index is 0.0586. The minimum atomic E-state index is -0.354. The molecule has 2 aromatic rings. The van der Waals surface area contributed by atoms with Crippen molar-refractivity contribution in [2.24, 2.45) is 5.92 Å². The molecular weight excluding hydrogens is 364 g/mol. The molecule has 3 rings (SSSR count). The van der Waals surface area contributed by atoms with Crippen LogP contribution in [0.5, 0.6) is 5.75 Å². The third kappa shape index (κ3) is 4.61. The summed E-state index contributed by atoms with van der Waals surface area (Å²) in [7, 11) is 1.58. The Morgan fingerprint density at radius 1 is 1.26 bits per heavy atom. The van der Waals surface area contributed by atoms with E-state index in [0.717, 1.165) is 23.2 Å². The van der Waals surface area contributed by atoms with Crippen molar-refractivity contribution in [3.63, 3.8) is 0 Å². The minimum Gasteiger partial charge on any atom is -0.495 e. The number of nitrogens with one attached hydrogen (secondary N) is 1. The van der Waals surface area contributed by atoms with Gasteiger partial charge in [-0.2, -0.15) is 0 Å². The number of halogens is 1. The van der Waals surface area contributed by atoms with Crippen molar-refractivity contribution in [2.45, 2.75) is 19.8 Å². The lowest BCUT2D eigenvalue weighted by molar-refractivity contribution is -0.126. The smallest absolute Gasteiger partial charge is 0.227 e. The summed E-state index contributed by atoms with van der Waals surface area (Å²) in [4.78, 5) is 26.6. The van der Waals surface area contributed by atoms with Crippen molar-refractivity contribution >= 4 is 29.1 Å². The third-order valence-corrected chi connectivity index (χ3v) is 5.00. The summed E-state index contributed by atoms with van der Waals surface area (Å²) in [5, 5.41) is 3.63. The molecule has 2 amide bonds. The van der Waals surface area contributed by atoms with E-state index in [1.165, 1.54) is 0 Å². The van der Waals surface area contributed by atoms with Crippen LogP contribution in [-0.4, -0.2) is 32.0 Å². The van der Waals surface area contributed by atoms with Gasteiger partial charge in [0.05, 0.1) is 18.7 Å². The van der Waals surface area contributed by atoms with Gasteiger partial charge in [0.15, 0.2) is 0 Å². The van der Waals surface area contributed by atoms with Crippen LogP contribution in [0.4, 0.5) is 5.69 Å². The van der Waals surface area contributed by atoms with E-state index < -0.39 is 0 Å². The molecule has 0 aromatic heterocycles. The Kier molecular flexibility index (Phi) is 6.01. The topological polar surface area (TPSA) is 58.6 Å². The van der Waals surface area contributed by atoms with Crippen LogP contribution in [0.3, 0.4) is 0 Å². The van der Waals surface area contributed by atoms with Crippen molar-refractivity contribution in [3.05, 3.63) is 58.6 Å². The molecule has 2 aromatic carbocycles. The molecule has 1 fully saturated rings. The molecule has 142 valence electrons. The van der Waals surface area contributed by atoms with Gasteiger partial charge in [0, 0.05) is 24.5 Å². The summed E-state index contributed by atoms with van der Waals surface area (Å²) in [6.45, 7) is 2.86. The van der Waals surface area contributed by atoms with Crippen LogP contribution in [0, 0.1) is 12.8 Å². The number of hydrogen-bond acceptors (Lipinski definition) is 3. The number of anilines is 1. The average molecular weight is 387 g/mol. The number of carbonyl (C=O) groups excluding carboxylic acids is 2. The molecule has 0 aliphatic carbocycles. The molecule has 1 aliphatic heterocycles. The number of methoxy groups -OCH3 is 1. The van der Waals surface area contributed by atoms with Crippen LogP contribution < -0.4 is 15.0 Å². The van der Waals surface area contributed by atoms with Crippen LogP contribution in [-0.2, 0) is 16.0 Å². The first-order valence-electron chi connectivity index (χ1n) is 8.95. The Balaban J connectivity index is 1.59. The van der Waals surface area contributed by atoms with E-state index in [4.69, 9.17) is 16.3 Å². The van der Waals surface area contributed by atoms with Crippen LogP contribution in [0.25, 0.3) is 0 Å². The molecule has 1 heterocycles. The lowest BCUT2D eigenvalue weighted by Crippen LogP contribution is -2.34. The van der Waals surface area contributed by atoms with E-state index in [9.17, 15) is 9.59 Å². The number of benzene rings is 2. The zero-order chi connectivity index (χ0) is 19.4. The maximum atomic E-state index is 12.5. The highest BCUT2D eigenvalue weighted by Gasteiger charge is 2.36. The van der Waals surface area contributed by atoms with Gasteiger partial charge in [0.25, 0.3) is 0 Å². The monoisotopic (exact) mass is 386 g/mol. The van der Waals surface area contributed by atoms with Gasteiger partial charge in [-0.1, -0.05) is 29.8 Å². The molecule has 0 saturated carbocycles. The summed E-state index contributed by atoms with van der Waals surface area (Å²) in [5.74, 6) is 0.133. The van der Waals surface area contributed by atoms with Crippen LogP contribution in [0.15, 0.2) is 42.5 Å². The maximum Gasteiger partial charge on any atom is 0.227 e. The summed E-state index contributed by atoms with van der Waals surface area (Å²) in [6.07, 6.45) is 0.933. The number of hydrogen-bond donors (Lipinski definition) is 1. The lowest BCUT2D eigenvalue weighted by atomic mass is 10.1. The van der Waals surface area contributed by atoms with Gasteiger partial charge in [-0.15, -0.1) is 0 Å². The fourth-order valence-electron chi connectivity index (χ4n) is 3.25. The van der Waals surface area contributed by atoms with Crippen LogP contribution >= 0.6 is 11.6 Å². The van der Waals surface area contributed by atoms with Gasteiger partial charge >= 0.3 is 0 Å². The average Bonchev–Trinajstić information content (AvgIpc) is 3.05. The predicted octanol–water partition coefficient (Wildman–Crippen LogP) is 3.37. The Bertz CT molecular complexity index is 836.